The summed E-state index contributed by atoms with van der Waals surface area (Å²) in [5.74, 6) is -4.85. The second-order valence-electron chi connectivity index (χ2n) is 13.0. The Bertz CT molecular complexity index is 2120. The number of carbonyl (C=O) groups excluding carboxylic acids is 4. The maximum absolute atomic E-state index is 15.0. The summed E-state index contributed by atoms with van der Waals surface area (Å²) in [5.41, 5.74) is 0.655. The standard InChI is InChI=1S/C39H30N2O8/c42-21-26-14-17-32(49-26)35-27-15-16-28-34(38(46)40(37(28)45)24-12-7-13-25(18-24)41(47)48)30(27)19-31-36(44)29(22-8-3-1-4-9-22)20-33(43)39(31,35)23-10-5-2-6-11-23/h1-15,17-18,20,28,30-31,34-35,42H,16,19,21H2/t28-,30+,31-,34-,35+,39-/m0/s1. The van der Waals surface area contributed by atoms with Crippen molar-refractivity contribution in [3.8, 4) is 0 Å². The number of nitrogens with zero attached hydrogens (tertiary/aromatic N) is 2. The topological polar surface area (TPSA) is 148 Å². The van der Waals surface area contributed by atoms with Gasteiger partial charge >= 0.3 is 0 Å². The van der Waals surface area contributed by atoms with Crippen LogP contribution < -0.4 is 4.90 Å². The van der Waals surface area contributed by atoms with E-state index in [1.165, 1.54) is 30.3 Å². The molecule has 0 spiro atoms. The molecule has 1 aromatic heterocycles. The van der Waals surface area contributed by atoms with E-state index in [1.54, 1.807) is 36.4 Å². The summed E-state index contributed by atoms with van der Waals surface area (Å²) in [6, 6.07) is 26.9. The van der Waals surface area contributed by atoms with E-state index in [0.717, 1.165) is 10.5 Å². The zero-order valence-corrected chi connectivity index (χ0v) is 26.1. The van der Waals surface area contributed by atoms with Gasteiger partial charge in [-0.15, -0.1) is 0 Å². The quantitative estimate of drug-likeness (QED) is 0.120. The highest BCUT2D eigenvalue weighted by molar-refractivity contribution is 6.32. The molecule has 2 heterocycles. The number of imide groups is 1. The van der Waals surface area contributed by atoms with Gasteiger partial charge in [0, 0.05) is 23.6 Å². The summed E-state index contributed by atoms with van der Waals surface area (Å²) in [6.07, 6.45) is 3.65. The Morgan fingerprint density at radius 1 is 0.878 bits per heavy atom. The number of allylic oxidation sites excluding steroid dienone is 4. The van der Waals surface area contributed by atoms with Crippen molar-refractivity contribution >= 4 is 40.3 Å². The first-order chi connectivity index (χ1) is 23.7. The normalized spacial score (nSPS) is 27.6. The molecule has 1 aliphatic heterocycles. The number of aliphatic hydroxyl groups is 1. The summed E-state index contributed by atoms with van der Waals surface area (Å²) in [7, 11) is 0. The number of non-ortho nitro benzene ring substituents is 1. The summed E-state index contributed by atoms with van der Waals surface area (Å²) in [6.45, 7) is -0.377. The van der Waals surface area contributed by atoms with Crippen molar-refractivity contribution in [2.24, 2.45) is 23.7 Å². The van der Waals surface area contributed by atoms with Gasteiger partial charge in [-0.2, -0.15) is 0 Å². The number of carbonyl (C=O) groups is 4. The molecule has 3 aliphatic carbocycles. The maximum Gasteiger partial charge on any atom is 0.271 e. The van der Waals surface area contributed by atoms with E-state index >= 15 is 0 Å². The molecule has 0 unspecified atom stereocenters. The van der Waals surface area contributed by atoms with Gasteiger partial charge in [0.2, 0.25) is 11.8 Å². The number of hydrogen-bond donors (Lipinski definition) is 1. The first-order valence-electron chi connectivity index (χ1n) is 16.2. The molecule has 1 saturated carbocycles. The summed E-state index contributed by atoms with van der Waals surface area (Å²) < 4.78 is 6.20. The van der Waals surface area contributed by atoms with E-state index in [1.807, 2.05) is 42.5 Å². The predicted molar refractivity (Wildman–Crippen MR) is 177 cm³/mol. The molecule has 0 radical (unpaired) electrons. The number of aliphatic hydroxyl groups excluding tert-OH is 1. The smallest absolute Gasteiger partial charge is 0.271 e. The fraction of sp³-hybridized carbons (Fsp3) is 0.231. The lowest BCUT2D eigenvalue weighted by molar-refractivity contribution is -0.384. The Morgan fingerprint density at radius 3 is 2.31 bits per heavy atom. The largest absolute Gasteiger partial charge is 0.463 e. The molecule has 2 amide bonds. The van der Waals surface area contributed by atoms with E-state index in [2.05, 4.69) is 0 Å². The Balaban J connectivity index is 1.33. The van der Waals surface area contributed by atoms with Gasteiger partial charge in [0.15, 0.2) is 11.6 Å². The number of amides is 2. The maximum atomic E-state index is 15.0. The monoisotopic (exact) mass is 654 g/mol. The Labute approximate surface area is 280 Å². The van der Waals surface area contributed by atoms with Crippen molar-refractivity contribution in [1.29, 1.82) is 0 Å². The van der Waals surface area contributed by atoms with Crippen molar-refractivity contribution in [3.05, 3.63) is 148 Å². The van der Waals surface area contributed by atoms with Crippen LogP contribution in [0.5, 0.6) is 0 Å². The van der Waals surface area contributed by atoms with Crippen LogP contribution in [0.3, 0.4) is 0 Å². The highest BCUT2D eigenvalue weighted by Crippen LogP contribution is 2.63. The van der Waals surface area contributed by atoms with Crippen molar-refractivity contribution < 1.29 is 33.6 Å². The summed E-state index contributed by atoms with van der Waals surface area (Å²) in [4.78, 5) is 70.2. The highest BCUT2D eigenvalue weighted by Gasteiger charge is 2.66. The minimum absolute atomic E-state index is 0.114. The lowest BCUT2D eigenvalue weighted by Crippen LogP contribution is -2.58. The SMILES string of the molecule is O=C1C(c2ccccc2)=CC(=O)[C@@]2(c3ccccc3)[C@@H](c3ccc(CO)o3)C3=CC[C@@H]4C(=O)N(c5cccc([N+](=O)[O-])c5)C(=O)[C@@H]4[C@@H]3C[C@@H]12. The number of nitro benzene ring substituents is 1. The highest BCUT2D eigenvalue weighted by atomic mass is 16.6. The Kier molecular flexibility index (Phi) is 7.15. The van der Waals surface area contributed by atoms with Gasteiger partial charge in [-0.25, -0.2) is 4.90 Å². The molecule has 10 nitrogen and oxygen atoms in total. The van der Waals surface area contributed by atoms with Gasteiger partial charge in [0.25, 0.3) is 5.69 Å². The number of benzene rings is 3. The molecule has 3 aromatic carbocycles. The first kappa shape index (κ1) is 30.6. The molecule has 1 saturated heterocycles. The van der Waals surface area contributed by atoms with Crippen LogP contribution in [0, 0.1) is 33.8 Å². The Morgan fingerprint density at radius 2 is 1.61 bits per heavy atom. The van der Waals surface area contributed by atoms with Crippen LogP contribution in [0.1, 0.15) is 41.4 Å². The lowest BCUT2D eigenvalue weighted by Gasteiger charge is -2.54. The van der Waals surface area contributed by atoms with Crippen LogP contribution in [0.4, 0.5) is 11.4 Å². The molecule has 244 valence electrons. The van der Waals surface area contributed by atoms with Crippen molar-refractivity contribution in [3.63, 3.8) is 0 Å². The van der Waals surface area contributed by atoms with E-state index in [9.17, 15) is 34.4 Å². The summed E-state index contributed by atoms with van der Waals surface area (Å²) >= 11 is 0. The van der Waals surface area contributed by atoms with Gasteiger partial charge in [-0.1, -0.05) is 78.4 Å². The molecule has 1 N–H and O–H groups in total. The lowest BCUT2D eigenvalue weighted by atomic mass is 9.45. The summed E-state index contributed by atoms with van der Waals surface area (Å²) in [5, 5.41) is 21.5. The van der Waals surface area contributed by atoms with Gasteiger partial charge in [-0.3, -0.25) is 29.3 Å². The fourth-order valence-corrected chi connectivity index (χ4v) is 8.82. The zero-order chi connectivity index (χ0) is 34.0. The van der Waals surface area contributed by atoms with Gasteiger partial charge in [0.05, 0.1) is 33.8 Å². The molecular weight excluding hydrogens is 624 g/mol. The fourth-order valence-electron chi connectivity index (χ4n) is 8.82. The molecule has 10 heteroatoms. The molecule has 4 aromatic rings. The van der Waals surface area contributed by atoms with Crippen molar-refractivity contribution in [1.82, 2.24) is 0 Å². The molecule has 49 heavy (non-hydrogen) atoms. The van der Waals surface area contributed by atoms with Crippen LogP contribution in [-0.4, -0.2) is 33.4 Å². The molecular formula is C39H30N2O8. The predicted octanol–water partition coefficient (Wildman–Crippen LogP) is 5.71. The molecule has 8 rings (SSSR count). The van der Waals surface area contributed by atoms with Crippen LogP contribution in [0.2, 0.25) is 0 Å². The zero-order valence-electron chi connectivity index (χ0n) is 26.1. The first-order valence-corrected chi connectivity index (χ1v) is 16.2. The third-order valence-corrected chi connectivity index (χ3v) is 10.8. The minimum atomic E-state index is -1.44. The number of ketones is 2. The van der Waals surface area contributed by atoms with E-state index < -0.39 is 51.7 Å². The average molecular weight is 655 g/mol. The number of hydrogen-bond acceptors (Lipinski definition) is 8. The second kappa shape index (κ2) is 11.5. The number of Topliss-reactive ketones (excluding diaryl/α,β-unsaturated/α-hetero) is 1. The van der Waals surface area contributed by atoms with Crippen LogP contribution >= 0.6 is 0 Å². The van der Waals surface area contributed by atoms with Crippen LogP contribution in [0.25, 0.3) is 5.57 Å². The number of fused-ring (bicyclic) bond motifs is 4. The van der Waals surface area contributed by atoms with E-state index in [0.29, 0.717) is 16.9 Å². The van der Waals surface area contributed by atoms with E-state index in [-0.39, 0.29) is 53.7 Å². The van der Waals surface area contributed by atoms with Gasteiger partial charge in [0.1, 0.15) is 18.1 Å². The molecule has 4 aliphatic rings. The third-order valence-electron chi connectivity index (χ3n) is 10.8. The number of nitro groups is 1. The number of rotatable bonds is 6. The Hall–Kier alpha value is -5.74. The third kappa shape index (κ3) is 4.44. The molecule has 6 atom stereocenters. The number of furan rings is 1. The minimum Gasteiger partial charge on any atom is -0.463 e. The van der Waals surface area contributed by atoms with Gasteiger partial charge in [-0.05, 0) is 54.2 Å². The van der Waals surface area contributed by atoms with Crippen molar-refractivity contribution in [2.45, 2.75) is 30.8 Å². The van der Waals surface area contributed by atoms with Crippen LogP contribution in [0.15, 0.2) is 119 Å². The van der Waals surface area contributed by atoms with Crippen LogP contribution in [-0.2, 0) is 31.2 Å². The number of anilines is 1. The molecule has 2 fully saturated rings. The van der Waals surface area contributed by atoms with Crippen molar-refractivity contribution in [2.75, 3.05) is 4.90 Å². The van der Waals surface area contributed by atoms with Gasteiger partial charge < -0.3 is 9.52 Å². The molecule has 0 bridgehead atoms. The van der Waals surface area contributed by atoms with E-state index in [4.69, 9.17) is 4.42 Å². The average Bonchev–Trinajstić information content (AvgIpc) is 3.71. The second-order valence-corrected chi connectivity index (χ2v) is 13.0.